The van der Waals surface area contributed by atoms with E-state index in [4.69, 9.17) is 9.31 Å². The lowest BCUT2D eigenvalue weighted by atomic mass is 9.79. The Morgan fingerprint density at radius 2 is 1.74 bits per heavy atom. The first-order chi connectivity index (χ1) is 10.5. The lowest BCUT2D eigenvalue weighted by Gasteiger charge is -2.32. The normalized spacial score (nSPS) is 28.7. The molecule has 3 rings (SSSR count). The fourth-order valence-electron chi connectivity index (χ4n) is 2.90. The van der Waals surface area contributed by atoms with E-state index in [2.05, 4.69) is 4.74 Å². The molecule has 0 radical (unpaired) electrons. The van der Waals surface area contributed by atoms with E-state index in [1.807, 2.05) is 33.8 Å². The highest BCUT2D eigenvalue weighted by molar-refractivity contribution is 6.49. The topological polar surface area (TPSA) is 27.7 Å². The van der Waals surface area contributed by atoms with Crippen LogP contribution in [0.1, 0.15) is 45.6 Å². The van der Waals surface area contributed by atoms with Crippen molar-refractivity contribution in [1.29, 1.82) is 0 Å². The Kier molecular flexibility index (Phi) is 3.72. The molecule has 1 unspecified atom stereocenters. The summed E-state index contributed by atoms with van der Waals surface area (Å²) in [5.41, 5.74) is 0.0319. The minimum atomic E-state index is -4.67. The summed E-state index contributed by atoms with van der Waals surface area (Å²) in [7, 11) is -0.322. The van der Waals surface area contributed by atoms with Gasteiger partial charge in [0.25, 0.3) is 0 Å². The van der Waals surface area contributed by atoms with Crippen LogP contribution in [0.2, 0.25) is 5.82 Å². The van der Waals surface area contributed by atoms with Gasteiger partial charge in [-0.05, 0) is 57.7 Å². The maximum absolute atomic E-state index is 12.3. The molecule has 3 nitrogen and oxygen atoms in total. The molecule has 23 heavy (non-hydrogen) atoms. The molecule has 1 heterocycles. The van der Waals surface area contributed by atoms with Gasteiger partial charge >= 0.3 is 13.5 Å². The van der Waals surface area contributed by atoms with Gasteiger partial charge in [0.1, 0.15) is 5.75 Å². The van der Waals surface area contributed by atoms with Crippen molar-refractivity contribution in [3.05, 3.63) is 29.8 Å². The zero-order chi connectivity index (χ0) is 17.0. The number of rotatable bonds is 3. The highest BCUT2D eigenvalue weighted by atomic mass is 19.4. The van der Waals surface area contributed by atoms with Crippen molar-refractivity contribution in [2.75, 3.05) is 0 Å². The summed E-state index contributed by atoms with van der Waals surface area (Å²) < 4.78 is 53.0. The second-order valence-corrected chi connectivity index (χ2v) is 7.25. The maximum atomic E-state index is 12.3. The first kappa shape index (κ1) is 16.6. The molecular formula is C16H20BF3O3. The van der Waals surface area contributed by atoms with Crippen molar-refractivity contribution in [1.82, 2.24) is 0 Å². The minimum Gasteiger partial charge on any atom is -0.406 e. The summed E-state index contributed by atoms with van der Waals surface area (Å²) in [5.74, 6) is 0.119. The van der Waals surface area contributed by atoms with Crippen molar-refractivity contribution in [2.45, 2.75) is 63.4 Å². The van der Waals surface area contributed by atoms with E-state index in [1.54, 1.807) is 6.07 Å². The molecule has 1 saturated heterocycles. The zero-order valence-electron chi connectivity index (χ0n) is 13.6. The van der Waals surface area contributed by atoms with Gasteiger partial charge in [-0.25, -0.2) is 0 Å². The van der Waals surface area contributed by atoms with Crippen LogP contribution < -0.4 is 4.74 Å². The average molecular weight is 328 g/mol. The van der Waals surface area contributed by atoms with Crippen LogP contribution in [0.3, 0.4) is 0 Å². The molecular weight excluding hydrogens is 308 g/mol. The Morgan fingerprint density at radius 3 is 2.30 bits per heavy atom. The summed E-state index contributed by atoms with van der Waals surface area (Å²) >= 11 is 0. The monoisotopic (exact) mass is 328 g/mol. The van der Waals surface area contributed by atoms with Gasteiger partial charge in [-0.3, -0.25) is 0 Å². The van der Waals surface area contributed by atoms with Crippen LogP contribution in [-0.4, -0.2) is 24.7 Å². The lowest BCUT2D eigenvalue weighted by molar-refractivity contribution is -0.274. The summed E-state index contributed by atoms with van der Waals surface area (Å²) in [6.45, 7) is 7.95. The molecule has 0 aromatic heterocycles. The second kappa shape index (κ2) is 5.15. The molecule has 1 saturated carbocycles. The van der Waals surface area contributed by atoms with Crippen LogP contribution in [0.25, 0.3) is 0 Å². The molecule has 2 atom stereocenters. The Labute approximate surface area is 134 Å². The molecule has 1 aromatic carbocycles. The third-order valence-corrected chi connectivity index (χ3v) is 4.98. The summed E-state index contributed by atoms with van der Waals surface area (Å²) in [6, 6.07) is 6.15. The molecule has 2 fully saturated rings. The third kappa shape index (κ3) is 3.35. The van der Waals surface area contributed by atoms with Crippen LogP contribution in [0.4, 0.5) is 13.2 Å². The van der Waals surface area contributed by atoms with Crippen LogP contribution >= 0.6 is 0 Å². The van der Waals surface area contributed by atoms with Gasteiger partial charge in [-0.15, -0.1) is 13.2 Å². The number of halogens is 3. The third-order valence-electron chi connectivity index (χ3n) is 4.98. The van der Waals surface area contributed by atoms with Crippen molar-refractivity contribution in [3.8, 4) is 5.75 Å². The van der Waals surface area contributed by atoms with E-state index in [0.717, 1.165) is 12.0 Å². The Balaban J connectivity index is 1.69. The van der Waals surface area contributed by atoms with E-state index >= 15 is 0 Å². The molecule has 2 aliphatic rings. The molecule has 126 valence electrons. The Hall–Kier alpha value is -1.21. The van der Waals surface area contributed by atoms with E-state index in [9.17, 15) is 13.2 Å². The molecule has 7 heteroatoms. The number of hydrogen-bond donors (Lipinski definition) is 0. The molecule has 0 amide bonds. The number of benzene rings is 1. The second-order valence-electron chi connectivity index (χ2n) is 7.25. The van der Waals surface area contributed by atoms with Crippen molar-refractivity contribution >= 4 is 7.12 Å². The fourth-order valence-corrected chi connectivity index (χ4v) is 2.90. The van der Waals surface area contributed by atoms with Gasteiger partial charge in [0.2, 0.25) is 0 Å². The molecule has 0 spiro atoms. The Bertz CT molecular complexity index is 584. The van der Waals surface area contributed by atoms with Gasteiger partial charge in [0.05, 0.1) is 11.2 Å². The number of alkyl halides is 3. The molecule has 1 aliphatic heterocycles. The van der Waals surface area contributed by atoms with Gasteiger partial charge in [-0.2, -0.15) is 0 Å². The first-order valence-corrected chi connectivity index (χ1v) is 7.70. The first-order valence-electron chi connectivity index (χ1n) is 7.70. The molecule has 0 bridgehead atoms. The predicted octanol–water partition coefficient (Wildman–Crippen LogP) is 4.53. The predicted molar refractivity (Wildman–Crippen MR) is 80.3 cm³/mol. The maximum Gasteiger partial charge on any atom is 0.573 e. The standard InChI is InChI=1S/C16H20BF3O3/c1-14(2)15(3,4)23-17(22-14)13-9-12(13)10-6-5-7-11(8-10)21-16(18,19)20/h5-8,12-13H,9H2,1-4H3/t12?,13-/m0/s1. The summed E-state index contributed by atoms with van der Waals surface area (Å²) in [5, 5.41) is 0. The van der Waals surface area contributed by atoms with Crippen LogP contribution in [0, 0.1) is 0 Å². The Morgan fingerprint density at radius 1 is 1.13 bits per heavy atom. The van der Waals surface area contributed by atoms with E-state index in [1.165, 1.54) is 12.1 Å². The van der Waals surface area contributed by atoms with E-state index < -0.39 is 17.6 Å². The average Bonchev–Trinajstić information content (AvgIpc) is 3.11. The van der Waals surface area contributed by atoms with Gasteiger partial charge in [0.15, 0.2) is 0 Å². The molecule has 0 N–H and O–H groups in total. The lowest BCUT2D eigenvalue weighted by Crippen LogP contribution is -2.41. The SMILES string of the molecule is CC1(C)OB([C@H]2CC2c2cccc(OC(F)(F)F)c2)OC1(C)C. The van der Waals surface area contributed by atoms with Crippen molar-refractivity contribution in [3.63, 3.8) is 0 Å². The minimum absolute atomic E-state index is 0.140. The molecule has 1 aliphatic carbocycles. The van der Waals surface area contributed by atoms with Gasteiger partial charge < -0.3 is 14.0 Å². The largest absolute Gasteiger partial charge is 0.573 e. The van der Waals surface area contributed by atoms with Crippen molar-refractivity contribution < 1.29 is 27.2 Å². The zero-order valence-corrected chi connectivity index (χ0v) is 13.6. The van der Waals surface area contributed by atoms with Gasteiger partial charge in [0, 0.05) is 5.82 Å². The smallest absolute Gasteiger partial charge is 0.406 e. The van der Waals surface area contributed by atoms with E-state index in [0.29, 0.717) is 0 Å². The van der Waals surface area contributed by atoms with Gasteiger partial charge in [-0.1, -0.05) is 12.1 Å². The fraction of sp³-hybridized carbons (Fsp3) is 0.625. The highest BCUT2D eigenvalue weighted by Crippen LogP contribution is 2.58. The number of hydrogen-bond acceptors (Lipinski definition) is 3. The summed E-state index contributed by atoms with van der Waals surface area (Å²) in [6.07, 6.45) is -3.83. The quantitative estimate of drug-likeness (QED) is 0.763. The highest BCUT2D eigenvalue weighted by Gasteiger charge is 2.59. The van der Waals surface area contributed by atoms with E-state index in [-0.39, 0.29) is 24.6 Å². The van der Waals surface area contributed by atoms with Crippen LogP contribution in [0.5, 0.6) is 5.75 Å². The number of ether oxygens (including phenoxy) is 1. The van der Waals surface area contributed by atoms with Crippen LogP contribution in [0.15, 0.2) is 24.3 Å². The summed E-state index contributed by atoms with van der Waals surface area (Å²) in [4.78, 5) is 0. The van der Waals surface area contributed by atoms with Crippen LogP contribution in [-0.2, 0) is 9.31 Å². The molecule has 1 aromatic rings. The van der Waals surface area contributed by atoms with Crippen molar-refractivity contribution in [2.24, 2.45) is 0 Å².